The number of amides is 1. The van der Waals surface area contributed by atoms with E-state index in [4.69, 9.17) is 4.74 Å². The first-order valence-corrected chi connectivity index (χ1v) is 9.08. The van der Waals surface area contributed by atoms with Crippen molar-refractivity contribution in [3.8, 4) is 5.75 Å². The van der Waals surface area contributed by atoms with E-state index in [0.717, 1.165) is 10.6 Å². The topological polar surface area (TPSA) is 75.7 Å². The zero-order valence-electron chi connectivity index (χ0n) is 14.0. The molecule has 0 saturated heterocycles. The molecule has 0 unspecified atom stereocenters. The van der Waals surface area contributed by atoms with Gasteiger partial charge in [0.1, 0.15) is 5.75 Å². The fourth-order valence-corrected chi connectivity index (χ4v) is 2.88. The van der Waals surface area contributed by atoms with Crippen molar-refractivity contribution < 1.29 is 17.9 Å². The number of sulfonamides is 1. The van der Waals surface area contributed by atoms with Crippen LogP contribution in [0.5, 0.6) is 5.75 Å². The molecule has 0 aliphatic heterocycles. The lowest BCUT2D eigenvalue weighted by Crippen LogP contribution is -2.26. The van der Waals surface area contributed by atoms with E-state index in [2.05, 4.69) is 5.32 Å². The van der Waals surface area contributed by atoms with Gasteiger partial charge in [-0.1, -0.05) is 18.2 Å². The van der Waals surface area contributed by atoms with Crippen molar-refractivity contribution in [1.29, 1.82) is 0 Å². The van der Waals surface area contributed by atoms with E-state index >= 15 is 0 Å². The van der Waals surface area contributed by atoms with Gasteiger partial charge in [-0.3, -0.25) is 9.10 Å². The maximum absolute atomic E-state index is 12.6. The molecule has 1 amide bonds. The minimum Gasteiger partial charge on any atom is -0.495 e. The molecule has 0 radical (unpaired) electrons. The molecule has 2 aromatic rings. The average molecular weight is 348 g/mol. The van der Waals surface area contributed by atoms with Crippen molar-refractivity contribution in [2.75, 3.05) is 30.0 Å². The number of para-hydroxylation sites is 2. The fraction of sp³-hybridized carbons (Fsp3) is 0.235. The van der Waals surface area contributed by atoms with Crippen LogP contribution in [0.1, 0.15) is 15.9 Å². The minimum absolute atomic E-state index is 0.333. The monoisotopic (exact) mass is 348 g/mol. The Morgan fingerprint density at radius 1 is 1.12 bits per heavy atom. The Morgan fingerprint density at radius 3 is 2.42 bits per heavy atom. The normalized spacial score (nSPS) is 11.0. The predicted octanol–water partition coefficient (Wildman–Crippen LogP) is 2.65. The van der Waals surface area contributed by atoms with Crippen molar-refractivity contribution in [1.82, 2.24) is 0 Å². The second kappa shape index (κ2) is 6.92. The summed E-state index contributed by atoms with van der Waals surface area (Å²) in [5, 5.41) is 2.79. The summed E-state index contributed by atoms with van der Waals surface area (Å²) < 4.78 is 29.9. The van der Waals surface area contributed by atoms with Crippen LogP contribution in [-0.4, -0.2) is 34.7 Å². The van der Waals surface area contributed by atoms with Crippen LogP contribution in [0, 0.1) is 6.92 Å². The standard InChI is InChI=1S/C17H20N2O4S/c1-12-13(8-7-10-15(12)19(2)24(4,21)22)17(20)18-14-9-5-6-11-16(14)23-3/h5-11H,1-4H3,(H,18,20). The van der Waals surface area contributed by atoms with Gasteiger partial charge in [0, 0.05) is 12.6 Å². The van der Waals surface area contributed by atoms with Gasteiger partial charge in [0.25, 0.3) is 5.91 Å². The molecule has 7 heteroatoms. The third kappa shape index (κ3) is 3.68. The van der Waals surface area contributed by atoms with Crippen LogP contribution in [0.15, 0.2) is 42.5 Å². The van der Waals surface area contributed by atoms with Gasteiger partial charge in [0.05, 0.1) is 24.7 Å². The summed E-state index contributed by atoms with van der Waals surface area (Å²) in [5.74, 6) is 0.216. The van der Waals surface area contributed by atoms with E-state index in [9.17, 15) is 13.2 Å². The zero-order valence-corrected chi connectivity index (χ0v) is 14.8. The highest BCUT2D eigenvalue weighted by atomic mass is 32.2. The maximum atomic E-state index is 12.6. The number of nitrogens with zero attached hydrogens (tertiary/aromatic N) is 1. The largest absolute Gasteiger partial charge is 0.495 e. The van der Waals surface area contributed by atoms with Crippen molar-refractivity contribution in [3.63, 3.8) is 0 Å². The lowest BCUT2D eigenvalue weighted by Gasteiger charge is -2.20. The van der Waals surface area contributed by atoms with Crippen LogP contribution in [0.2, 0.25) is 0 Å². The van der Waals surface area contributed by atoms with Crippen LogP contribution in [0.25, 0.3) is 0 Å². The van der Waals surface area contributed by atoms with Gasteiger partial charge < -0.3 is 10.1 Å². The molecule has 24 heavy (non-hydrogen) atoms. The number of methoxy groups -OCH3 is 1. The summed E-state index contributed by atoms with van der Waals surface area (Å²) in [6, 6.07) is 12.0. The highest BCUT2D eigenvalue weighted by Crippen LogP contribution is 2.27. The Labute approximate surface area is 142 Å². The molecule has 0 bridgehead atoms. The van der Waals surface area contributed by atoms with Crippen LogP contribution in [0.3, 0.4) is 0 Å². The third-order valence-electron chi connectivity index (χ3n) is 3.74. The second-order valence-electron chi connectivity index (χ2n) is 5.33. The van der Waals surface area contributed by atoms with Crippen LogP contribution >= 0.6 is 0 Å². The van der Waals surface area contributed by atoms with Gasteiger partial charge in [0.2, 0.25) is 10.0 Å². The number of nitrogens with one attached hydrogen (secondary N) is 1. The van der Waals surface area contributed by atoms with E-state index in [0.29, 0.717) is 28.3 Å². The molecule has 1 N–H and O–H groups in total. The lowest BCUT2D eigenvalue weighted by atomic mass is 10.1. The molecule has 0 spiro atoms. The first kappa shape index (κ1) is 17.8. The Balaban J connectivity index is 2.37. The number of hydrogen-bond donors (Lipinski definition) is 1. The van der Waals surface area contributed by atoms with Gasteiger partial charge in [-0.15, -0.1) is 0 Å². The van der Waals surface area contributed by atoms with E-state index in [1.807, 2.05) is 0 Å². The van der Waals surface area contributed by atoms with Gasteiger partial charge in [-0.05, 0) is 36.8 Å². The summed E-state index contributed by atoms with van der Waals surface area (Å²) >= 11 is 0. The third-order valence-corrected chi connectivity index (χ3v) is 4.93. The number of hydrogen-bond acceptors (Lipinski definition) is 4. The Morgan fingerprint density at radius 2 is 1.79 bits per heavy atom. The van der Waals surface area contributed by atoms with Gasteiger partial charge >= 0.3 is 0 Å². The first-order valence-electron chi connectivity index (χ1n) is 7.23. The number of rotatable bonds is 5. The summed E-state index contributed by atoms with van der Waals surface area (Å²) in [4.78, 5) is 12.6. The molecule has 2 rings (SSSR count). The molecule has 0 fully saturated rings. The highest BCUT2D eigenvalue weighted by Gasteiger charge is 2.19. The quantitative estimate of drug-likeness (QED) is 0.901. The average Bonchev–Trinajstić information content (AvgIpc) is 2.54. The van der Waals surface area contributed by atoms with Gasteiger partial charge in [-0.25, -0.2) is 8.42 Å². The SMILES string of the molecule is COc1ccccc1NC(=O)c1cccc(N(C)S(C)(=O)=O)c1C. The van der Waals surface area contributed by atoms with Crippen molar-refractivity contribution in [2.45, 2.75) is 6.92 Å². The summed E-state index contributed by atoms with van der Waals surface area (Å²) in [6.07, 6.45) is 1.12. The number of benzene rings is 2. The van der Waals surface area contributed by atoms with Crippen LogP contribution in [0.4, 0.5) is 11.4 Å². The van der Waals surface area contributed by atoms with Crippen LogP contribution < -0.4 is 14.4 Å². The molecule has 6 nitrogen and oxygen atoms in total. The number of carbonyl (C=O) groups excluding carboxylic acids is 1. The second-order valence-corrected chi connectivity index (χ2v) is 7.35. The van der Waals surface area contributed by atoms with Crippen LogP contribution in [-0.2, 0) is 10.0 Å². The fourth-order valence-electron chi connectivity index (χ4n) is 2.33. The minimum atomic E-state index is -3.41. The Bertz CT molecular complexity index is 863. The maximum Gasteiger partial charge on any atom is 0.256 e. The molecule has 128 valence electrons. The Hall–Kier alpha value is -2.54. The first-order chi connectivity index (χ1) is 11.3. The lowest BCUT2D eigenvalue weighted by molar-refractivity contribution is 0.102. The van der Waals surface area contributed by atoms with Crippen molar-refractivity contribution >= 4 is 27.3 Å². The molecule has 0 heterocycles. The summed E-state index contributed by atoms with van der Waals surface area (Å²) in [6.45, 7) is 1.72. The molecule has 0 atom stereocenters. The summed E-state index contributed by atoms with van der Waals surface area (Å²) in [7, 11) is -0.425. The van der Waals surface area contributed by atoms with Gasteiger partial charge in [-0.2, -0.15) is 0 Å². The smallest absolute Gasteiger partial charge is 0.256 e. The molecule has 0 aliphatic rings. The van der Waals surface area contributed by atoms with Gasteiger partial charge in [0.15, 0.2) is 0 Å². The highest BCUT2D eigenvalue weighted by molar-refractivity contribution is 7.92. The summed E-state index contributed by atoms with van der Waals surface area (Å²) in [5.41, 5.74) is 1.99. The molecule has 0 aliphatic carbocycles. The molecule has 2 aromatic carbocycles. The number of carbonyl (C=O) groups is 1. The van der Waals surface area contributed by atoms with E-state index in [1.165, 1.54) is 14.2 Å². The Kier molecular flexibility index (Phi) is 5.14. The van der Waals surface area contributed by atoms with E-state index in [1.54, 1.807) is 49.4 Å². The van der Waals surface area contributed by atoms with Crippen molar-refractivity contribution in [3.05, 3.63) is 53.6 Å². The number of anilines is 2. The van der Waals surface area contributed by atoms with Crippen molar-refractivity contribution in [2.24, 2.45) is 0 Å². The molecule has 0 saturated carbocycles. The van der Waals surface area contributed by atoms with E-state index < -0.39 is 10.0 Å². The number of ether oxygens (including phenoxy) is 1. The molecular weight excluding hydrogens is 328 g/mol. The zero-order chi connectivity index (χ0) is 17.9. The van der Waals surface area contributed by atoms with E-state index in [-0.39, 0.29) is 5.91 Å². The predicted molar refractivity (Wildman–Crippen MR) is 95.4 cm³/mol. The molecular formula is C17H20N2O4S. The molecule has 0 aromatic heterocycles.